The van der Waals surface area contributed by atoms with Gasteiger partial charge in [0, 0.05) is 26.2 Å². The maximum absolute atomic E-state index is 12.2. The number of carbonyl (C=O) groups is 1. The maximum atomic E-state index is 12.2. The molecule has 0 bridgehead atoms. The van der Waals surface area contributed by atoms with Gasteiger partial charge < -0.3 is 14.4 Å². The Balaban J connectivity index is 1.66. The topological polar surface area (TPSA) is 42.0 Å². The fourth-order valence-electron chi connectivity index (χ4n) is 2.66. The molecule has 1 aliphatic rings. The Kier molecular flexibility index (Phi) is 7.06. The largest absolute Gasteiger partial charge is 0.444 e. The lowest BCUT2D eigenvalue weighted by atomic mass is 10.2. The molecule has 0 radical (unpaired) electrons. The summed E-state index contributed by atoms with van der Waals surface area (Å²) in [5.41, 5.74) is 0.762. The van der Waals surface area contributed by atoms with E-state index in [2.05, 4.69) is 17.0 Å². The third-order valence-corrected chi connectivity index (χ3v) is 3.90. The molecule has 134 valence electrons. The van der Waals surface area contributed by atoms with Crippen molar-refractivity contribution in [1.82, 2.24) is 9.80 Å². The van der Waals surface area contributed by atoms with Crippen LogP contribution in [0.4, 0.5) is 4.79 Å². The van der Waals surface area contributed by atoms with Gasteiger partial charge in [-0.1, -0.05) is 30.3 Å². The molecular formula is C19H30N2O3. The second-order valence-electron chi connectivity index (χ2n) is 7.20. The van der Waals surface area contributed by atoms with E-state index >= 15 is 0 Å². The Morgan fingerprint density at radius 2 is 1.83 bits per heavy atom. The summed E-state index contributed by atoms with van der Waals surface area (Å²) in [7, 11) is 0. The summed E-state index contributed by atoms with van der Waals surface area (Å²) in [5.74, 6) is 0. The predicted octanol–water partition coefficient (Wildman–Crippen LogP) is 3.15. The summed E-state index contributed by atoms with van der Waals surface area (Å²) in [6.07, 6.45) is 0.766. The average molecular weight is 334 g/mol. The molecule has 1 saturated heterocycles. The summed E-state index contributed by atoms with van der Waals surface area (Å²) in [4.78, 5) is 16.3. The van der Waals surface area contributed by atoms with E-state index in [-0.39, 0.29) is 6.09 Å². The van der Waals surface area contributed by atoms with Crippen molar-refractivity contribution in [2.24, 2.45) is 0 Å². The van der Waals surface area contributed by atoms with Crippen molar-refractivity contribution < 1.29 is 14.3 Å². The molecule has 5 heteroatoms. The number of nitrogens with zero attached hydrogens (tertiary/aromatic N) is 2. The summed E-state index contributed by atoms with van der Waals surface area (Å²) in [6.45, 7) is 11.3. The number of amides is 1. The normalized spacial score (nSPS) is 16.7. The third-order valence-electron chi connectivity index (χ3n) is 3.90. The van der Waals surface area contributed by atoms with Crippen LogP contribution in [0.15, 0.2) is 30.3 Å². The lowest BCUT2D eigenvalue weighted by Crippen LogP contribution is -2.39. The summed E-state index contributed by atoms with van der Waals surface area (Å²) >= 11 is 0. The van der Waals surface area contributed by atoms with Crippen LogP contribution in [0.3, 0.4) is 0 Å². The SMILES string of the molecule is CC(C)(C)OC(=O)N1CCCN(CCOCc2ccccc2)CC1. The van der Waals surface area contributed by atoms with Gasteiger partial charge in [0.05, 0.1) is 13.2 Å². The highest BCUT2D eigenvalue weighted by atomic mass is 16.6. The van der Waals surface area contributed by atoms with Crippen LogP contribution in [0.2, 0.25) is 0 Å². The van der Waals surface area contributed by atoms with E-state index in [4.69, 9.17) is 9.47 Å². The smallest absolute Gasteiger partial charge is 0.410 e. The Morgan fingerprint density at radius 1 is 1.08 bits per heavy atom. The molecule has 0 aromatic heterocycles. The number of ether oxygens (including phenoxy) is 2. The fraction of sp³-hybridized carbons (Fsp3) is 0.632. The number of hydrogen-bond donors (Lipinski definition) is 0. The first-order chi connectivity index (χ1) is 11.4. The molecule has 1 aromatic carbocycles. The zero-order chi connectivity index (χ0) is 17.4. The summed E-state index contributed by atoms with van der Waals surface area (Å²) < 4.78 is 11.2. The van der Waals surface area contributed by atoms with Gasteiger partial charge in [0.1, 0.15) is 5.60 Å². The molecule has 1 amide bonds. The highest BCUT2D eigenvalue weighted by Gasteiger charge is 2.24. The number of benzene rings is 1. The monoisotopic (exact) mass is 334 g/mol. The number of hydrogen-bond acceptors (Lipinski definition) is 4. The maximum Gasteiger partial charge on any atom is 0.410 e. The van der Waals surface area contributed by atoms with Crippen LogP contribution in [0.5, 0.6) is 0 Å². The first-order valence-corrected chi connectivity index (χ1v) is 8.76. The summed E-state index contributed by atoms with van der Waals surface area (Å²) in [6, 6.07) is 10.2. The molecule has 24 heavy (non-hydrogen) atoms. The highest BCUT2D eigenvalue weighted by molar-refractivity contribution is 5.68. The standard InChI is InChI=1S/C19H30N2O3/c1-19(2,3)24-18(22)21-11-7-10-20(12-13-21)14-15-23-16-17-8-5-4-6-9-17/h4-6,8-9H,7,10-16H2,1-3H3. The first-order valence-electron chi connectivity index (χ1n) is 8.76. The van der Waals surface area contributed by atoms with Crippen molar-refractivity contribution in [3.63, 3.8) is 0 Å². The van der Waals surface area contributed by atoms with E-state index in [1.807, 2.05) is 43.9 Å². The minimum atomic E-state index is -0.436. The number of rotatable bonds is 5. The third kappa shape index (κ3) is 6.89. The van der Waals surface area contributed by atoms with Gasteiger partial charge in [0.15, 0.2) is 0 Å². The zero-order valence-electron chi connectivity index (χ0n) is 15.2. The molecule has 0 aliphatic carbocycles. The molecule has 2 rings (SSSR count). The molecule has 0 spiro atoms. The molecular weight excluding hydrogens is 304 g/mol. The van der Waals surface area contributed by atoms with Crippen LogP contribution in [0.25, 0.3) is 0 Å². The number of carbonyl (C=O) groups excluding carboxylic acids is 1. The van der Waals surface area contributed by atoms with E-state index in [9.17, 15) is 4.79 Å². The van der Waals surface area contributed by atoms with E-state index in [1.165, 1.54) is 5.56 Å². The molecule has 1 aromatic rings. The van der Waals surface area contributed by atoms with Gasteiger partial charge in [0.2, 0.25) is 0 Å². The van der Waals surface area contributed by atoms with Crippen LogP contribution in [-0.2, 0) is 16.1 Å². The van der Waals surface area contributed by atoms with Crippen molar-refractivity contribution in [3.05, 3.63) is 35.9 Å². The van der Waals surface area contributed by atoms with Crippen LogP contribution in [0, 0.1) is 0 Å². The lowest BCUT2D eigenvalue weighted by Gasteiger charge is -2.26. The summed E-state index contributed by atoms with van der Waals surface area (Å²) in [5, 5.41) is 0. The molecule has 5 nitrogen and oxygen atoms in total. The van der Waals surface area contributed by atoms with Crippen LogP contribution in [0.1, 0.15) is 32.8 Å². The molecule has 0 N–H and O–H groups in total. The highest BCUT2D eigenvalue weighted by Crippen LogP contribution is 2.12. The van der Waals surface area contributed by atoms with Gasteiger partial charge >= 0.3 is 6.09 Å². The Morgan fingerprint density at radius 3 is 2.54 bits per heavy atom. The molecule has 1 fully saturated rings. The van der Waals surface area contributed by atoms with Crippen LogP contribution >= 0.6 is 0 Å². The van der Waals surface area contributed by atoms with E-state index in [1.54, 1.807) is 0 Å². The van der Waals surface area contributed by atoms with Gasteiger partial charge in [-0.25, -0.2) is 4.79 Å². The zero-order valence-corrected chi connectivity index (χ0v) is 15.2. The molecule has 0 atom stereocenters. The lowest BCUT2D eigenvalue weighted by molar-refractivity contribution is 0.0255. The van der Waals surface area contributed by atoms with Gasteiger partial charge in [0.25, 0.3) is 0 Å². The second-order valence-corrected chi connectivity index (χ2v) is 7.20. The van der Waals surface area contributed by atoms with E-state index < -0.39 is 5.60 Å². The Labute approximate surface area is 145 Å². The second kappa shape index (κ2) is 9.04. The van der Waals surface area contributed by atoms with Gasteiger partial charge in [-0.05, 0) is 39.3 Å². The Bertz CT molecular complexity index is 499. The molecule has 1 heterocycles. The van der Waals surface area contributed by atoms with Gasteiger partial charge in [-0.2, -0.15) is 0 Å². The average Bonchev–Trinajstić information content (AvgIpc) is 2.77. The quantitative estimate of drug-likeness (QED) is 0.776. The first kappa shape index (κ1) is 18.7. The minimum Gasteiger partial charge on any atom is -0.444 e. The van der Waals surface area contributed by atoms with Crippen LogP contribution in [-0.4, -0.2) is 60.8 Å². The van der Waals surface area contributed by atoms with Gasteiger partial charge in [-0.3, -0.25) is 4.90 Å². The van der Waals surface area contributed by atoms with E-state index in [0.29, 0.717) is 19.8 Å². The Hall–Kier alpha value is -1.59. The van der Waals surface area contributed by atoms with Crippen molar-refractivity contribution in [3.8, 4) is 0 Å². The minimum absolute atomic E-state index is 0.204. The van der Waals surface area contributed by atoms with Crippen molar-refractivity contribution in [1.29, 1.82) is 0 Å². The molecule has 0 unspecified atom stereocenters. The van der Waals surface area contributed by atoms with E-state index in [0.717, 1.165) is 32.6 Å². The van der Waals surface area contributed by atoms with Crippen molar-refractivity contribution in [2.45, 2.75) is 39.4 Å². The molecule has 1 aliphatic heterocycles. The fourth-order valence-corrected chi connectivity index (χ4v) is 2.66. The van der Waals surface area contributed by atoms with Crippen molar-refractivity contribution >= 4 is 6.09 Å². The van der Waals surface area contributed by atoms with Crippen molar-refractivity contribution in [2.75, 3.05) is 39.3 Å². The van der Waals surface area contributed by atoms with Gasteiger partial charge in [-0.15, -0.1) is 0 Å². The predicted molar refractivity (Wildman–Crippen MR) is 95.0 cm³/mol. The molecule has 0 saturated carbocycles. The van der Waals surface area contributed by atoms with Crippen LogP contribution < -0.4 is 0 Å².